The molecule has 0 saturated heterocycles. The third-order valence-corrected chi connectivity index (χ3v) is 8.15. The molecular weight excluding hydrogens is 520 g/mol. The van der Waals surface area contributed by atoms with Crippen molar-refractivity contribution in [3.63, 3.8) is 0 Å². The Balaban J connectivity index is 1.39. The van der Waals surface area contributed by atoms with Gasteiger partial charge in [-0.2, -0.15) is 0 Å². The van der Waals surface area contributed by atoms with Crippen molar-refractivity contribution in [2.45, 2.75) is 0 Å². The van der Waals surface area contributed by atoms with Crippen LogP contribution in [0.2, 0.25) is 0 Å². The van der Waals surface area contributed by atoms with Crippen molar-refractivity contribution < 1.29 is 16.8 Å². The smallest absolute Gasteiger partial charge is 0.143 e. The molecule has 0 saturated carbocycles. The van der Waals surface area contributed by atoms with Crippen LogP contribution in [0.1, 0.15) is 12.3 Å². The standard InChI is InChI=1S/C42H26O/c1-2-10-27(11-3-1)28-18-20-30(21-19-28)40-33-14-6-8-16-35(33)41(36-17-9-7-15-34(36)40)31-23-25-39-38(26-31)37-24-22-29-12-4-5-13-32(29)42(37)43-39/h1-26H/i4D,5D,12D,13D,22D,23D,24D,25D,26D. The van der Waals surface area contributed by atoms with Crippen LogP contribution >= 0.6 is 0 Å². The molecule has 8 aromatic carbocycles. The number of furan rings is 1. The van der Waals surface area contributed by atoms with Crippen molar-refractivity contribution in [2.24, 2.45) is 0 Å². The van der Waals surface area contributed by atoms with Crippen LogP contribution in [0.15, 0.2) is 162 Å². The minimum Gasteiger partial charge on any atom is -0.455 e. The van der Waals surface area contributed by atoms with E-state index in [-0.39, 0.29) is 62.4 Å². The summed E-state index contributed by atoms with van der Waals surface area (Å²) in [6.45, 7) is 0. The summed E-state index contributed by atoms with van der Waals surface area (Å²) >= 11 is 0. The molecule has 0 aliphatic carbocycles. The first-order chi connectivity index (χ1) is 25.1. The van der Waals surface area contributed by atoms with Gasteiger partial charge in [-0.3, -0.25) is 0 Å². The van der Waals surface area contributed by atoms with E-state index in [9.17, 15) is 4.11 Å². The summed E-state index contributed by atoms with van der Waals surface area (Å²) in [6.07, 6.45) is 0. The Morgan fingerprint density at radius 2 is 0.977 bits per heavy atom. The first-order valence-corrected chi connectivity index (χ1v) is 14.0. The van der Waals surface area contributed by atoms with E-state index in [4.69, 9.17) is 12.6 Å². The van der Waals surface area contributed by atoms with Gasteiger partial charge in [0.05, 0.1) is 12.3 Å². The third-order valence-electron chi connectivity index (χ3n) is 8.15. The summed E-state index contributed by atoms with van der Waals surface area (Å²) in [6, 6.07) is 30.6. The van der Waals surface area contributed by atoms with Crippen molar-refractivity contribution in [2.75, 3.05) is 0 Å². The summed E-state index contributed by atoms with van der Waals surface area (Å²) in [5.41, 5.74) is 4.67. The lowest BCUT2D eigenvalue weighted by Gasteiger charge is -2.18. The molecule has 0 bridgehead atoms. The fourth-order valence-corrected chi connectivity index (χ4v) is 6.20. The number of fused-ring (bicyclic) bond motifs is 7. The molecule has 0 N–H and O–H groups in total. The molecule has 0 amide bonds. The van der Waals surface area contributed by atoms with Crippen LogP contribution in [0.3, 0.4) is 0 Å². The fraction of sp³-hybridized carbons (Fsp3) is 0. The Morgan fingerprint density at radius 1 is 0.395 bits per heavy atom. The SMILES string of the molecule is [2H]c1c(-c2c3ccccc3c(-c3ccc(-c4ccccc4)cc3)c3ccccc23)c([2H])c2c(oc3c4c([2H])c([2H])c([2H])c([2H])c4c([2H])c([2H])c32)c1[2H]. The third kappa shape index (κ3) is 3.72. The molecular formula is C42H26O. The van der Waals surface area contributed by atoms with Crippen LogP contribution in [0.25, 0.3) is 87.6 Å². The maximum absolute atomic E-state index is 9.68. The van der Waals surface area contributed by atoms with Crippen LogP contribution in [-0.4, -0.2) is 0 Å². The Hall–Kier alpha value is -5.66. The molecule has 43 heavy (non-hydrogen) atoms. The first kappa shape index (κ1) is 16.7. The van der Waals surface area contributed by atoms with E-state index in [0.717, 1.165) is 43.8 Å². The highest BCUT2D eigenvalue weighted by molar-refractivity contribution is 6.22. The maximum atomic E-state index is 9.68. The summed E-state index contributed by atoms with van der Waals surface area (Å²) in [5.74, 6) is 0. The Bertz CT molecular complexity index is 2930. The van der Waals surface area contributed by atoms with Crippen molar-refractivity contribution in [3.05, 3.63) is 158 Å². The zero-order valence-corrected chi connectivity index (χ0v) is 22.7. The molecule has 200 valence electrons. The van der Waals surface area contributed by atoms with Gasteiger partial charge >= 0.3 is 0 Å². The largest absolute Gasteiger partial charge is 0.455 e. The van der Waals surface area contributed by atoms with Crippen molar-refractivity contribution >= 4 is 54.3 Å². The lowest BCUT2D eigenvalue weighted by atomic mass is 9.85. The molecule has 9 rings (SSSR count). The van der Waals surface area contributed by atoms with E-state index in [1.807, 2.05) is 66.7 Å². The van der Waals surface area contributed by atoms with Gasteiger partial charge < -0.3 is 4.42 Å². The average Bonchev–Trinajstić information content (AvgIpc) is 3.58. The van der Waals surface area contributed by atoms with Gasteiger partial charge in [0.15, 0.2) is 0 Å². The van der Waals surface area contributed by atoms with Gasteiger partial charge in [0.25, 0.3) is 0 Å². The van der Waals surface area contributed by atoms with Crippen LogP contribution in [0.5, 0.6) is 0 Å². The van der Waals surface area contributed by atoms with Crippen molar-refractivity contribution in [1.82, 2.24) is 0 Å². The zero-order chi connectivity index (χ0) is 36.2. The summed E-state index contributed by atoms with van der Waals surface area (Å²) in [5, 5.41) is 3.10. The van der Waals surface area contributed by atoms with Crippen LogP contribution in [0, 0.1) is 0 Å². The Morgan fingerprint density at radius 3 is 1.67 bits per heavy atom. The second kappa shape index (κ2) is 9.44. The highest BCUT2D eigenvalue weighted by Crippen LogP contribution is 2.45. The van der Waals surface area contributed by atoms with Crippen LogP contribution < -0.4 is 0 Å². The van der Waals surface area contributed by atoms with Gasteiger partial charge in [-0.1, -0.05) is 139 Å². The quantitative estimate of drug-likeness (QED) is 0.198. The molecule has 0 unspecified atom stereocenters. The summed E-state index contributed by atoms with van der Waals surface area (Å²) in [4.78, 5) is 0. The maximum Gasteiger partial charge on any atom is 0.143 e. The normalized spacial score (nSPS) is 14.7. The molecule has 0 aliphatic heterocycles. The van der Waals surface area contributed by atoms with E-state index >= 15 is 0 Å². The minimum atomic E-state index is -0.534. The zero-order valence-electron chi connectivity index (χ0n) is 31.7. The minimum absolute atomic E-state index is 0.000942. The van der Waals surface area contributed by atoms with Gasteiger partial charge in [-0.15, -0.1) is 0 Å². The molecule has 0 radical (unpaired) electrons. The molecule has 1 heterocycles. The first-order valence-electron chi connectivity index (χ1n) is 18.5. The molecule has 0 aliphatic rings. The lowest BCUT2D eigenvalue weighted by Crippen LogP contribution is -1.91. The van der Waals surface area contributed by atoms with Gasteiger partial charge in [0.2, 0.25) is 0 Å². The molecule has 1 aromatic heterocycles. The molecule has 1 nitrogen and oxygen atoms in total. The topological polar surface area (TPSA) is 13.1 Å². The molecule has 0 fully saturated rings. The van der Waals surface area contributed by atoms with E-state index < -0.39 is 30.2 Å². The monoisotopic (exact) mass is 555 g/mol. The van der Waals surface area contributed by atoms with Crippen molar-refractivity contribution in [3.8, 4) is 33.4 Å². The number of benzene rings is 8. The number of hydrogen-bond donors (Lipinski definition) is 0. The van der Waals surface area contributed by atoms with E-state index in [0.29, 0.717) is 5.56 Å². The van der Waals surface area contributed by atoms with E-state index in [2.05, 4.69) is 36.4 Å². The van der Waals surface area contributed by atoms with Gasteiger partial charge in [0.1, 0.15) is 11.2 Å². The van der Waals surface area contributed by atoms with Crippen LogP contribution in [-0.2, 0) is 0 Å². The van der Waals surface area contributed by atoms with Gasteiger partial charge in [0, 0.05) is 16.2 Å². The summed E-state index contributed by atoms with van der Waals surface area (Å²) < 4.78 is 85.8. The van der Waals surface area contributed by atoms with E-state index in [1.54, 1.807) is 0 Å². The molecule has 9 aromatic rings. The Labute approximate surface area is 261 Å². The fourth-order valence-electron chi connectivity index (χ4n) is 6.20. The van der Waals surface area contributed by atoms with Crippen molar-refractivity contribution in [1.29, 1.82) is 0 Å². The number of rotatable bonds is 3. The molecule has 0 spiro atoms. The highest BCUT2D eigenvalue weighted by atomic mass is 16.3. The molecule has 0 atom stereocenters. The lowest BCUT2D eigenvalue weighted by molar-refractivity contribution is 0.672. The predicted octanol–water partition coefficient (Wildman–Crippen LogP) is 12.0. The second-order valence-corrected chi connectivity index (χ2v) is 10.5. The van der Waals surface area contributed by atoms with E-state index in [1.165, 1.54) is 0 Å². The Kier molecular flexibility index (Phi) is 3.67. The van der Waals surface area contributed by atoms with Crippen LogP contribution in [0.4, 0.5) is 0 Å². The highest BCUT2D eigenvalue weighted by Gasteiger charge is 2.18. The predicted molar refractivity (Wildman–Crippen MR) is 183 cm³/mol. The van der Waals surface area contributed by atoms with Gasteiger partial charge in [-0.25, -0.2) is 0 Å². The van der Waals surface area contributed by atoms with Gasteiger partial charge in [-0.05, 0) is 78.4 Å². The molecule has 1 heteroatoms. The second-order valence-electron chi connectivity index (χ2n) is 10.5. The average molecular weight is 556 g/mol. The summed E-state index contributed by atoms with van der Waals surface area (Å²) in [7, 11) is 0. The number of hydrogen-bond acceptors (Lipinski definition) is 1.